The third-order valence-corrected chi connectivity index (χ3v) is 4.01. The van der Waals surface area contributed by atoms with Crippen LogP contribution in [0.4, 0.5) is 0 Å². The Hall–Kier alpha value is -1.02. The van der Waals surface area contributed by atoms with Gasteiger partial charge in [0.25, 0.3) is 0 Å². The van der Waals surface area contributed by atoms with Crippen LogP contribution in [0.15, 0.2) is 24.5 Å². The van der Waals surface area contributed by atoms with Crippen molar-refractivity contribution < 1.29 is 0 Å². The van der Waals surface area contributed by atoms with Gasteiger partial charge in [-0.05, 0) is 30.9 Å². The second-order valence-corrected chi connectivity index (χ2v) is 5.43. The summed E-state index contributed by atoms with van der Waals surface area (Å²) in [5.74, 6) is 0.843. The van der Waals surface area contributed by atoms with Gasteiger partial charge in [0.05, 0.1) is 11.7 Å². The Labute approximate surface area is 107 Å². The Bertz CT molecular complexity index is 512. The highest BCUT2D eigenvalue weighted by atomic mass is 35.5. The molecule has 0 unspecified atom stereocenters. The largest absolute Gasteiger partial charge is 0.346 e. The van der Waals surface area contributed by atoms with Crippen molar-refractivity contribution in [3.63, 3.8) is 0 Å². The van der Waals surface area contributed by atoms with Crippen LogP contribution in [0.3, 0.4) is 0 Å². The van der Waals surface area contributed by atoms with Crippen molar-refractivity contribution in [2.45, 2.75) is 38.6 Å². The topological polar surface area (TPSA) is 17.8 Å². The van der Waals surface area contributed by atoms with E-state index >= 15 is 0 Å². The lowest BCUT2D eigenvalue weighted by atomic mass is 9.89. The van der Waals surface area contributed by atoms with E-state index in [4.69, 9.17) is 11.6 Å². The van der Waals surface area contributed by atoms with Gasteiger partial charge in [0, 0.05) is 18.1 Å². The van der Waals surface area contributed by atoms with Gasteiger partial charge < -0.3 is 4.57 Å². The zero-order valence-corrected chi connectivity index (χ0v) is 10.7. The van der Waals surface area contributed by atoms with Crippen molar-refractivity contribution in [1.82, 2.24) is 9.55 Å². The van der Waals surface area contributed by atoms with Crippen LogP contribution < -0.4 is 0 Å². The summed E-state index contributed by atoms with van der Waals surface area (Å²) < 4.78 is 2.33. The Balaban J connectivity index is 1.84. The maximum absolute atomic E-state index is 5.90. The molecule has 1 aliphatic carbocycles. The quantitative estimate of drug-likeness (QED) is 0.726. The van der Waals surface area contributed by atoms with Gasteiger partial charge in [-0.1, -0.05) is 30.9 Å². The molecule has 17 heavy (non-hydrogen) atoms. The highest BCUT2D eigenvalue weighted by Gasteiger charge is 2.14. The lowest BCUT2D eigenvalue weighted by Gasteiger charge is -2.22. The molecule has 1 saturated carbocycles. The molecule has 1 fully saturated rings. The normalized spacial score (nSPS) is 17.7. The molecule has 2 nitrogen and oxygen atoms in total. The average Bonchev–Trinajstić information content (AvgIpc) is 2.73. The van der Waals surface area contributed by atoms with Gasteiger partial charge in [-0.25, -0.2) is 4.98 Å². The highest BCUT2D eigenvalue weighted by Crippen LogP contribution is 2.27. The summed E-state index contributed by atoms with van der Waals surface area (Å²) in [6.07, 6.45) is 11.0. The minimum atomic E-state index is 0.577. The number of pyridine rings is 1. The van der Waals surface area contributed by atoms with Crippen LogP contribution in [0.5, 0.6) is 0 Å². The van der Waals surface area contributed by atoms with Gasteiger partial charge in [0.2, 0.25) is 0 Å². The highest BCUT2D eigenvalue weighted by molar-refractivity contribution is 6.30. The number of hydrogen-bond donors (Lipinski definition) is 0. The average molecular weight is 249 g/mol. The summed E-state index contributed by atoms with van der Waals surface area (Å²) in [5, 5.41) is 1.77. The smallest absolute Gasteiger partial charge is 0.129 e. The van der Waals surface area contributed by atoms with Crippen LogP contribution in [0.25, 0.3) is 10.9 Å². The summed E-state index contributed by atoms with van der Waals surface area (Å²) in [4.78, 5) is 4.18. The molecule has 0 spiro atoms. The fourth-order valence-corrected chi connectivity index (χ4v) is 3.03. The number of halogens is 1. The molecular formula is C14H17ClN2. The summed E-state index contributed by atoms with van der Waals surface area (Å²) in [6.45, 7) is 1.13. The fraction of sp³-hybridized carbons (Fsp3) is 0.500. The Morgan fingerprint density at radius 1 is 1.29 bits per heavy atom. The first-order valence-corrected chi connectivity index (χ1v) is 6.81. The van der Waals surface area contributed by atoms with Crippen molar-refractivity contribution in [2.75, 3.05) is 0 Å². The Kier molecular flexibility index (Phi) is 3.06. The van der Waals surface area contributed by atoms with Gasteiger partial charge in [0.15, 0.2) is 0 Å². The van der Waals surface area contributed by atoms with E-state index in [1.54, 1.807) is 0 Å². The zero-order chi connectivity index (χ0) is 11.7. The predicted molar refractivity (Wildman–Crippen MR) is 71.3 cm³/mol. The second kappa shape index (κ2) is 4.69. The molecule has 0 aromatic carbocycles. The van der Waals surface area contributed by atoms with Crippen molar-refractivity contribution >= 4 is 22.5 Å². The summed E-state index contributed by atoms with van der Waals surface area (Å²) in [7, 11) is 0. The van der Waals surface area contributed by atoms with Gasteiger partial charge in [-0.2, -0.15) is 0 Å². The van der Waals surface area contributed by atoms with Crippen LogP contribution >= 0.6 is 11.6 Å². The van der Waals surface area contributed by atoms with Gasteiger partial charge in [-0.3, -0.25) is 0 Å². The molecule has 1 aliphatic rings. The van der Waals surface area contributed by atoms with E-state index in [-0.39, 0.29) is 0 Å². The number of aromatic nitrogens is 2. The molecule has 0 N–H and O–H groups in total. The molecule has 2 aromatic heterocycles. The van der Waals surface area contributed by atoms with Gasteiger partial charge >= 0.3 is 0 Å². The van der Waals surface area contributed by atoms with Crippen LogP contribution in [0, 0.1) is 5.92 Å². The third-order valence-electron chi connectivity index (χ3n) is 3.80. The Morgan fingerprint density at radius 3 is 2.94 bits per heavy atom. The lowest BCUT2D eigenvalue weighted by Crippen LogP contribution is -2.13. The fourth-order valence-electron chi connectivity index (χ4n) is 2.87. The number of hydrogen-bond acceptors (Lipinski definition) is 1. The van der Waals surface area contributed by atoms with Crippen LogP contribution in [0.1, 0.15) is 32.1 Å². The first kappa shape index (κ1) is 11.1. The molecule has 0 atom stereocenters. The SMILES string of the molecule is Clc1cc2ccn(CC3CCCCC3)c2cn1. The Morgan fingerprint density at radius 2 is 2.12 bits per heavy atom. The van der Waals surface area contributed by atoms with E-state index in [1.165, 1.54) is 43.0 Å². The van der Waals surface area contributed by atoms with E-state index in [2.05, 4.69) is 21.8 Å². The standard InChI is InChI=1S/C14H17ClN2/c15-14-8-12-6-7-17(13(12)9-16-14)10-11-4-2-1-3-5-11/h6-9,11H,1-5,10H2. The van der Waals surface area contributed by atoms with Crippen LogP contribution in [-0.4, -0.2) is 9.55 Å². The molecule has 3 heteroatoms. The molecule has 2 aromatic rings. The van der Waals surface area contributed by atoms with E-state index in [0.717, 1.165) is 12.5 Å². The third kappa shape index (κ3) is 2.32. The van der Waals surface area contributed by atoms with Gasteiger partial charge in [0.1, 0.15) is 5.15 Å². The van der Waals surface area contributed by atoms with Crippen LogP contribution in [-0.2, 0) is 6.54 Å². The second-order valence-electron chi connectivity index (χ2n) is 5.04. The van der Waals surface area contributed by atoms with Gasteiger partial charge in [-0.15, -0.1) is 0 Å². The first-order chi connectivity index (χ1) is 8.33. The number of nitrogens with zero attached hydrogens (tertiary/aromatic N) is 2. The molecule has 0 bridgehead atoms. The molecule has 3 rings (SSSR count). The zero-order valence-electron chi connectivity index (χ0n) is 9.90. The van der Waals surface area contributed by atoms with E-state index in [9.17, 15) is 0 Å². The van der Waals surface area contributed by atoms with Crippen molar-refractivity contribution in [1.29, 1.82) is 0 Å². The van der Waals surface area contributed by atoms with Crippen molar-refractivity contribution in [3.05, 3.63) is 29.7 Å². The van der Waals surface area contributed by atoms with E-state index in [1.807, 2.05) is 12.3 Å². The molecule has 90 valence electrons. The predicted octanol–water partition coefficient (Wildman–Crippen LogP) is 4.27. The molecule has 0 amide bonds. The summed E-state index contributed by atoms with van der Waals surface area (Å²) in [6, 6.07) is 4.07. The number of fused-ring (bicyclic) bond motifs is 1. The molecule has 0 saturated heterocycles. The molecule has 2 heterocycles. The molecule has 0 radical (unpaired) electrons. The monoisotopic (exact) mass is 248 g/mol. The maximum atomic E-state index is 5.90. The van der Waals surface area contributed by atoms with Crippen molar-refractivity contribution in [3.8, 4) is 0 Å². The van der Waals surface area contributed by atoms with E-state index < -0.39 is 0 Å². The minimum Gasteiger partial charge on any atom is -0.346 e. The summed E-state index contributed by atoms with van der Waals surface area (Å²) >= 11 is 5.90. The number of rotatable bonds is 2. The lowest BCUT2D eigenvalue weighted by molar-refractivity contribution is 0.322. The van der Waals surface area contributed by atoms with Crippen LogP contribution in [0.2, 0.25) is 5.15 Å². The van der Waals surface area contributed by atoms with Crippen molar-refractivity contribution in [2.24, 2.45) is 5.92 Å². The van der Waals surface area contributed by atoms with E-state index in [0.29, 0.717) is 5.15 Å². The minimum absolute atomic E-state index is 0.577. The first-order valence-electron chi connectivity index (χ1n) is 6.43. The molecular weight excluding hydrogens is 232 g/mol. The maximum Gasteiger partial charge on any atom is 0.129 e. The summed E-state index contributed by atoms with van der Waals surface area (Å²) in [5.41, 5.74) is 1.21. The molecule has 0 aliphatic heterocycles.